The molecule has 0 aliphatic carbocycles. The van der Waals surface area contributed by atoms with Crippen LogP contribution in [0.2, 0.25) is 0 Å². The van der Waals surface area contributed by atoms with E-state index in [1.165, 1.54) is 18.9 Å². The van der Waals surface area contributed by atoms with Crippen LogP contribution in [0.3, 0.4) is 0 Å². The number of rotatable bonds is 8. The lowest BCUT2D eigenvalue weighted by Gasteiger charge is -2.26. The number of halogens is 2. The standard InChI is InChI=1S/C24H28FN5O2.HI/c1-26-24(29-17-21(23-7-5-13-31-23)30-11-2-3-12-30)28-15-18-8-9-22(20(25)14-18)32-19-6-4-10-27-16-19;/h4-10,13-14,16,21H,2-3,11-12,15,17H2,1H3,(H2,26,28,29);1H. The Morgan fingerprint density at radius 1 is 1.21 bits per heavy atom. The molecule has 1 aliphatic rings. The van der Waals surface area contributed by atoms with E-state index in [1.54, 1.807) is 43.9 Å². The molecule has 1 aromatic carbocycles. The van der Waals surface area contributed by atoms with Crippen molar-refractivity contribution in [3.05, 3.63) is 78.3 Å². The molecule has 2 aromatic heterocycles. The first kappa shape index (κ1) is 25.0. The second kappa shape index (κ2) is 12.5. The first-order chi connectivity index (χ1) is 15.7. The number of benzene rings is 1. The lowest BCUT2D eigenvalue weighted by atomic mass is 10.2. The molecule has 0 amide bonds. The van der Waals surface area contributed by atoms with Gasteiger partial charge in [0.1, 0.15) is 11.5 Å². The number of aromatic nitrogens is 1. The first-order valence-corrected chi connectivity index (χ1v) is 10.8. The summed E-state index contributed by atoms with van der Waals surface area (Å²) in [5.41, 5.74) is 0.783. The molecule has 1 atom stereocenters. The Morgan fingerprint density at radius 2 is 2.06 bits per heavy atom. The Balaban J connectivity index is 0.00000306. The molecule has 1 saturated heterocycles. The summed E-state index contributed by atoms with van der Waals surface area (Å²) < 4.78 is 25.7. The summed E-state index contributed by atoms with van der Waals surface area (Å²) in [5.74, 6) is 1.82. The van der Waals surface area contributed by atoms with Gasteiger partial charge in [0.25, 0.3) is 0 Å². The zero-order chi connectivity index (χ0) is 22.2. The summed E-state index contributed by atoms with van der Waals surface area (Å²) in [6.45, 7) is 3.22. The maximum atomic E-state index is 14.5. The van der Waals surface area contributed by atoms with E-state index in [4.69, 9.17) is 9.15 Å². The zero-order valence-electron chi connectivity index (χ0n) is 18.5. The van der Waals surface area contributed by atoms with Crippen LogP contribution in [0.5, 0.6) is 11.5 Å². The van der Waals surface area contributed by atoms with Gasteiger partial charge in [-0.25, -0.2) is 4.39 Å². The first-order valence-electron chi connectivity index (χ1n) is 10.8. The van der Waals surface area contributed by atoms with Gasteiger partial charge >= 0.3 is 0 Å². The Labute approximate surface area is 210 Å². The van der Waals surface area contributed by atoms with Crippen molar-refractivity contribution in [1.29, 1.82) is 0 Å². The van der Waals surface area contributed by atoms with Crippen molar-refractivity contribution >= 4 is 29.9 Å². The quantitative estimate of drug-likeness (QED) is 0.234. The summed E-state index contributed by atoms with van der Waals surface area (Å²) in [5, 5.41) is 6.62. The highest BCUT2D eigenvalue weighted by Crippen LogP contribution is 2.25. The number of pyridine rings is 1. The smallest absolute Gasteiger partial charge is 0.191 e. The van der Waals surface area contributed by atoms with Gasteiger partial charge < -0.3 is 19.8 Å². The summed E-state index contributed by atoms with van der Waals surface area (Å²) in [4.78, 5) is 10.7. The third-order valence-electron chi connectivity index (χ3n) is 5.46. The van der Waals surface area contributed by atoms with Gasteiger partial charge in [0.05, 0.1) is 18.5 Å². The fourth-order valence-corrected chi connectivity index (χ4v) is 3.82. The molecular formula is C24H29FIN5O2. The average Bonchev–Trinajstić information content (AvgIpc) is 3.54. The molecule has 0 radical (unpaired) electrons. The molecule has 2 N–H and O–H groups in total. The molecule has 3 aromatic rings. The van der Waals surface area contributed by atoms with Gasteiger partial charge in [-0.1, -0.05) is 6.07 Å². The SMILES string of the molecule is CN=C(NCc1ccc(Oc2cccnc2)c(F)c1)NCC(c1ccco1)N1CCCC1.I. The van der Waals surface area contributed by atoms with Gasteiger partial charge in [-0.3, -0.25) is 14.9 Å². The summed E-state index contributed by atoms with van der Waals surface area (Å²) in [6, 6.07) is 12.5. The van der Waals surface area contributed by atoms with Crippen LogP contribution in [0.25, 0.3) is 0 Å². The third-order valence-corrected chi connectivity index (χ3v) is 5.46. The molecule has 176 valence electrons. The second-order valence-electron chi connectivity index (χ2n) is 7.64. The Kier molecular flexibility index (Phi) is 9.49. The van der Waals surface area contributed by atoms with Crippen LogP contribution >= 0.6 is 24.0 Å². The van der Waals surface area contributed by atoms with Gasteiger partial charge in [-0.2, -0.15) is 0 Å². The molecule has 9 heteroatoms. The minimum absolute atomic E-state index is 0. The van der Waals surface area contributed by atoms with Crippen molar-refractivity contribution in [1.82, 2.24) is 20.5 Å². The molecule has 0 saturated carbocycles. The van der Waals surface area contributed by atoms with Gasteiger partial charge in [-0.05, 0) is 67.9 Å². The predicted octanol–water partition coefficient (Wildman–Crippen LogP) is 4.73. The van der Waals surface area contributed by atoms with Gasteiger partial charge in [0, 0.05) is 26.3 Å². The van der Waals surface area contributed by atoms with E-state index in [9.17, 15) is 4.39 Å². The van der Waals surface area contributed by atoms with E-state index >= 15 is 0 Å². The number of nitrogens with zero attached hydrogens (tertiary/aromatic N) is 3. The van der Waals surface area contributed by atoms with Crippen LogP contribution in [-0.2, 0) is 6.54 Å². The van der Waals surface area contributed by atoms with Crippen LogP contribution in [0.4, 0.5) is 4.39 Å². The van der Waals surface area contributed by atoms with Crippen molar-refractivity contribution in [3.63, 3.8) is 0 Å². The van der Waals surface area contributed by atoms with E-state index in [1.807, 2.05) is 18.2 Å². The summed E-state index contributed by atoms with van der Waals surface area (Å²) in [6.07, 6.45) is 7.30. The minimum atomic E-state index is -0.428. The van der Waals surface area contributed by atoms with Crippen LogP contribution in [-0.4, -0.2) is 42.5 Å². The highest BCUT2D eigenvalue weighted by Gasteiger charge is 2.25. The van der Waals surface area contributed by atoms with Crippen molar-refractivity contribution < 1.29 is 13.5 Å². The number of nitrogens with one attached hydrogen (secondary N) is 2. The van der Waals surface area contributed by atoms with Crippen molar-refractivity contribution in [2.24, 2.45) is 4.99 Å². The fraction of sp³-hybridized carbons (Fsp3) is 0.333. The number of likely N-dealkylation sites (tertiary alicyclic amines) is 1. The summed E-state index contributed by atoms with van der Waals surface area (Å²) >= 11 is 0. The lowest BCUT2D eigenvalue weighted by Crippen LogP contribution is -2.42. The minimum Gasteiger partial charge on any atom is -0.468 e. The number of ether oxygens (including phenoxy) is 1. The molecule has 7 nitrogen and oxygen atoms in total. The number of guanidine groups is 1. The normalized spacial score (nSPS) is 15.0. The molecule has 4 rings (SSSR count). The Morgan fingerprint density at radius 3 is 2.73 bits per heavy atom. The Hall–Kier alpha value is -2.66. The van der Waals surface area contributed by atoms with E-state index in [0.29, 0.717) is 24.8 Å². The number of aliphatic imine (C=N–C) groups is 1. The van der Waals surface area contributed by atoms with Crippen LogP contribution in [0.1, 0.15) is 30.2 Å². The summed E-state index contributed by atoms with van der Waals surface area (Å²) in [7, 11) is 1.72. The van der Waals surface area contributed by atoms with Gasteiger partial charge in [-0.15, -0.1) is 24.0 Å². The molecule has 1 unspecified atom stereocenters. The molecule has 33 heavy (non-hydrogen) atoms. The fourth-order valence-electron chi connectivity index (χ4n) is 3.82. The van der Waals surface area contributed by atoms with E-state index in [0.717, 1.165) is 24.4 Å². The van der Waals surface area contributed by atoms with Crippen molar-refractivity contribution in [3.8, 4) is 11.5 Å². The topological polar surface area (TPSA) is 74.9 Å². The van der Waals surface area contributed by atoms with Crippen LogP contribution in [0.15, 0.2) is 70.5 Å². The predicted molar refractivity (Wildman–Crippen MR) is 137 cm³/mol. The number of furan rings is 1. The maximum Gasteiger partial charge on any atom is 0.191 e. The number of hydrogen-bond donors (Lipinski definition) is 2. The van der Waals surface area contributed by atoms with E-state index in [2.05, 4.69) is 25.5 Å². The molecular weight excluding hydrogens is 536 g/mol. The highest BCUT2D eigenvalue weighted by atomic mass is 127. The van der Waals surface area contributed by atoms with Crippen LogP contribution < -0.4 is 15.4 Å². The monoisotopic (exact) mass is 565 g/mol. The van der Waals surface area contributed by atoms with Gasteiger partial charge in [0.15, 0.2) is 17.5 Å². The maximum absolute atomic E-state index is 14.5. The molecule has 3 heterocycles. The lowest BCUT2D eigenvalue weighted by molar-refractivity contribution is 0.215. The van der Waals surface area contributed by atoms with E-state index < -0.39 is 5.82 Å². The molecule has 0 bridgehead atoms. The molecule has 1 aliphatic heterocycles. The second-order valence-corrected chi connectivity index (χ2v) is 7.64. The van der Waals surface area contributed by atoms with Crippen molar-refractivity contribution in [2.75, 3.05) is 26.7 Å². The number of hydrogen-bond acceptors (Lipinski definition) is 5. The van der Waals surface area contributed by atoms with Crippen LogP contribution in [0, 0.1) is 5.82 Å². The zero-order valence-corrected chi connectivity index (χ0v) is 20.9. The Bertz CT molecular complexity index is 1010. The largest absolute Gasteiger partial charge is 0.468 e. The third kappa shape index (κ3) is 6.91. The van der Waals surface area contributed by atoms with Crippen molar-refractivity contribution in [2.45, 2.75) is 25.4 Å². The van der Waals surface area contributed by atoms with Gasteiger partial charge in [0.2, 0.25) is 0 Å². The molecule has 0 spiro atoms. The van der Waals surface area contributed by atoms with E-state index in [-0.39, 0.29) is 35.8 Å². The highest BCUT2D eigenvalue weighted by molar-refractivity contribution is 14.0. The average molecular weight is 565 g/mol. The molecule has 1 fully saturated rings.